The Morgan fingerprint density at radius 1 is 1.70 bits per heavy atom. The quantitative estimate of drug-likeness (QED) is 0.389. The molecule has 0 aromatic heterocycles. The molecule has 0 atom stereocenters. The van der Waals surface area contributed by atoms with Gasteiger partial charge in [0.1, 0.15) is 4.46 Å². The molecular weight excluding hydrogens is 191 g/mol. The van der Waals surface area contributed by atoms with Gasteiger partial charge >= 0.3 is 15.7 Å². The first-order valence-corrected chi connectivity index (χ1v) is 4.30. The lowest BCUT2D eigenvalue weighted by Gasteiger charge is -2.00. The Kier molecular flexibility index (Phi) is 4.77. The van der Waals surface area contributed by atoms with E-state index in [1.54, 1.807) is 6.92 Å². The summed E-state index contributed by atoms with van der Waals surface area (Å²) in [6.07, 6.45) is 0. The van der Waals surface area contributed by atoms with E-state index in [0.717, 1.165) is 0 Å². The third-order valence-corrected chi connectivity index (χ3v) is 1.61. The van der Waals surface area contributed by atoms with Crippen LogP contribution in [0.25, 0.3) is 0 Å². The van der Waals surface area contributed by atoms with Gasteiger partial charge in [0.05, 0.1) is 0 Å². The van der Waals surface area contributed by atoms with Crippen molar-refractivity contribution in [2.75, 3.05) is 0 Å². The maximum Gasteiger partial charge on any atom is 0.351 e. The fourth-order valence-corrected chi connectivity index (χ4v) is 0.823. The fourth-order valence-electron chi connectivity index (χ4n) is 0.185. The van der Waals surface area contributed by atoms with Crippen molar-refractivity contribution in [3.05, 3.63) is 12.2 Å². The molecule has 0 saturated carbocycles. The first-order valence-electron chi connectivity index (χ1n) is 2.44. The minimum absolute atomic E-state index is 0.218. The molecule has 2 radical (unpaired) electrons. The predicted molar refractivity (Wildman–Crippen MR) is 42.2 cm³/mol. The van der Waals surface area contributed by atoms with E-state index < -0.39 is 10.4 Å². The Bertz CT molecular complexity index is 147. The lowest BCUT2D eigenvalue weighted by atomic mass is 10.4. The van der Waals surface area contributed by atoms with Crippen LogP contribution in [0.15, 0.2) is 12.2 Å². The van der Waals surface area contributed by atoms with Crippen LogP contribution in [0.4, 0.5) is 0 Å². The topological polar surface area (TPSA) is 26.3 Å². The summed E-state index contributed by atoms with van der Waals surface area (Å²) in [6, 6.07) is 0. The molecule has 0 aliphatic rings. The number of rotatable bonds is 3. The highest BCUT2D eigenvalue weighted by molar-refractivity contribution is 6.66. The van der Waals surface area contributed by atoms with Gasteiger partial charge in [0.2, 0.25) is 0 Å². The molecule has 0 aromatic rings. The van der Waals surface area contributed by atoms with E-state index in [-0.39, 0.29) is 9.76 Å². The molecular formula is C5H6Cl2O2Si. The van der Waals surface area contributed by atoms with Gasteiger partial charge in [0, 0.05) is 5.57 Å². The molecule has 0 bridgehead atoms. The highest BCUT2D eigenvalue weighted by Gasteiger charge is 2.08. The molecule has 0 saturated heterocycles. The molecule has 56 valence electrons. The zero-order valence-corrected chi connectivity index (χ0v) is 7.87. The molecule has 0 fully saturated rings. The van der Waals surface area contributed by atoms with Crippen LogP contribution in [0.2, 0.25) is 0 Å². The van der Waals surface area contributed by atoms with E-state index >= 15 is 0 Å². The van der Waals surface area contributed by atoms with Crippen LogP contribution in [0.5, 0.6) is 0 Å². The van der Waals surface area contributed by atoms with E-state index in [2.05, 4.69) is 11.0 Å². The van der Waals surface area contributed by atoms with E-state index in [4.69, 9.17) is 23.2 Å². The summed E-state index contributed by atoms with van der Waals surface area (Å²) in [5, 5.41) is 0. The van der Waals surface area contributed by atoms with Gasteiger partial charge in [0.25, 0.3) is 0 Å². The Labute approximate surface area is 72.1 Å². The van der Waals surface area contributed by atoms with E-state index in [9.17, 15) is 4.79 Å². The smallest absolute Gasteiger partial charge is 0.351 e. The minimum Gasteiger partial charge on any atom is -0.510 e. The van der Waals surface area contributed by atoms with Crippen molar-refractivity contribution in [2.45, 2.75) is 11.4 Å². The summed E-state index contributed by atoms with van der Waals surface area (Å²) in [7, 11) is -0.218. The summed E-state index contributed by atoms with van der Waals surface area (Å²) in [5.74, 6) is -0.454. The van der Waals surface area contributed by atoms with Gasteiger partial charge < -0.3 is 4.43 Å². The van der Waals surface area contributed by atoms with Crippen LogP contribution in [0.1, 0.15) is 6.92 Å². The molecule has 0 spiro atoms. The van der Waals surface area contributed by atoms with Gasteiger partial charge in [-0.15, -0.1) is 23.2 Å². The molecule has 0 N–H and O–H groups in total. The van der Waals surface area contributed by atoms with Gasteiger partial charge in [-0.3, -0.25) is 0 Å². The van der Waals surface area contributed by atoms with Crippen molar-refractivity contribution in [1.29, 1.82) is 0 Å². The summed E-state index contributed by atoms with van der Waals surface area (Å²) < 4.78 is 3.95. The number of halogens is 2. The first kappa shape index (κ1) is 10.0. The minimum atomic E-state index is -0.636. The van der Waals surface area contributed by atoms with Crippen molar-refractivity contribution in [1.82, 2.24) is 0 Å². The highest BCUT2D eigenvalue weighted by Crippen LogP contribution is 2.00. The normalized spacial score (nSPS) is 9.60. The van der Waals surface area contributed by atoms with Crippen molar-refractivity contribution in [2.24, 2.45) is 0 Å². The van der Waals surface area contributed by atoms with Crippen LogP contribution >= 0.6 is 23.2 Å². The summed E-state index contributed by atoms with van der Waals surface area (Å²) in [6.45, 7) is 4.94. The molecule has 2 nitrogen and oxygen atoms in total. The van der Waals surface area contributed by atoms with Crippen LogP contribution < -0.4 is 0 Å². The number of carbonyl (C=O) groups is 1. The Balaban J connectivity index is 3.50. The third kappa shape index (κ3) is 4.85. The highest BCUT2D eigenvalue weighted by atomic mass is 35.5. The molecule has 0 aromatic carbocycles. The van der Waals surface area contributed by atoms with E-state index in [0.29, 0.717) is 5.57 Å². The molecule has 5 heteroatoms. The molecule has 0 rings (SSSR count). The summed E-state index contributed by atoms with van der Waals surface area (Å²) >= 11 is 10.6. The monoisotopic (exact) mass is 196 g/mol. The molecule has 0 heterocycles. The number of alkyl halides is 2. The van der Waals surface area contributed by atoms with Crippen LogP contribution in [0.3, 0.4) is 0 Å². The zero-order chi connectivity index (χ0) is 8.15. The van der Waals surface area contributed by atoms with Gasteiger partial charge in [-0.2, -0.15) is 0 Å². The SMILES string of the molecule is C=C(C)C(=O)O[Si]C(Cl)Cl. The standard InChI is InChI=1S/C5H6Cl2O2Si/c1-3(2)4(8)9-10-5(6)7/h5H,1H2,2H3. The van der Waals surface area contributed by atoms with Crippen LogP contribution in [0, 0.1) is 0 Å². The van der Waals surface area contributed by atoms with Crippen molar-refractivity contribution < 1.29 is 9.22 Å². The average Bonchev–Trinajstić information content (AvgIpc) is 1.82. The van der Waals surface area contributed by atoms with Crippen molar-refractivity contribution in [3.63, 3.8) is 0 Å². The fraction of sp³-hybridized carbons (Fsp3) is 0.400. The second kappa shape index (κ2) is 4.77. The molecule has 0 amide bonds. The lowest BCUT2D eigenvalue weighted by Crippen LogP contribution is -2.14. The molecule has 0 aliphatic heterocycles. The molecule has 10 heavy (non-hydrogen) atoms. The Morgan fingerprint density at radius 2 is 2.20 bits per heavy atom. The van der Waals surface area contributed by atoms with Crippen molar-refractivity contribution in [3.8, 4) is 0 Å². The second-order valence-corrected chi connectivity index (χ2v) is 4.43. The van der Waals surface area contributed by atoms with Crippen molar-refractivity contribution >= 4 is 38.9 Å². The maximum absolute atomic E-state index is 10.6. The maximum atomic E-state index is 10.6. The van der Waals surface area contributed by atoms with Gasteiger partial charge in [0.15, 0.2) is 0 Å². The molecule has 0 aliphatic carbocycles. The van der Waals surface area contributed by atoms with Gasteiger partial charge in [-0.1, -0.05) is 6.58 Å². The van der Waals surface area contributed by atoms with E-state index in [1.165, 1.54) is 0 Å². The predicted octanol–water partition coefficient (Wildman–Crippen LogP) is 1.49. The van der Waals surface area contributed by atoms with E-state index in [1.807, 2.05) is 0 Å². The summed E-state index contributed by atoms with van der Waals surface area (Å²) in [4.78, 5) is 10.6. The first-order chi connectivity index (χ1) is 4.54. The zero-order valence-electron chi connectivity index (χ0n) is 5.36. The number of hydrogen-bond acceptors (Lipinski definition) is 2. The van der Waals surface area contributed by atoms with Gasteiger partial charge in [-0.05, 0) is 6.92 Å². The number of carbonyl (C=O) groups excluding carboxylic acids is 1. The van der Waals surface area contributed by atoms with Crippen LogP contribution in [-0.4, -0.2) is 20.2 Å². The summed E-state index contributed by atoms with van der Waals surface area (Å²) in [5.41, 5.74) is 0.349. The third-order valence-electron chi connectivity index (χ3n) is 0.589. The average molecular weight is 197 g/mol. The largest absolute Gasteiger partial charge is 0.510 e. The van der Waals surface area contributed by atoms with Crippen LogP contribution in [-0.2, 0) is 9.22 Å². The molecule has 0 unspecified atom stereocenters. The number of hydrogen-bond donors (Lipinski definition) is 0. The Morgan fingerprint density at radius 3 is 2.50 bits per heavy atom. The second-order valence-electron chi connectivity index (χ2n) is 1.59. The Hall–Kier alpha value is 0.00688. The lowest BCUT2D eigenvalue weighted by molar-refractivity contribution is -0.130. The van der Waals surface area contributed by atoms with Gasteiger partial charge in [-0.25, -0.2) is 4.79 Å².